The van der Waals surface area contributed by atoms with Crippen LogP contribution in [0.5, 0.6) is 0 Å². The van der Waals surface area contributed by atoms with Crippen molar-refractivity contribution in [3.8, 4) is 0 Å². The molecule has 19 N–H and O–H groups in total. The van der Waals surface area contributed by atoms with E-state index in [1.165, 1.54) is 187 Å². The lowest BCUT2D eigenvalue weighted by Gasteiger charge is -2.31. The number of aliphatic imine (C=N–C) groups is 5. The van der Waals surface area contributed by atoms with Crippen LogP contribution in [0.4, 0.5) is 0 Å². The summed E-state index contributed by atoms with van der Waals surface area (Å²) in [7, 11) is 0. The van der Waals surface area contributed by atoms with E-state index in [4.69, 9.17) is 60.8 Å². The highest BCUT2D eigenvalue weighted by atomic mass is 16.6. The summed E-state index contributed by atoms with van der Waals surface area (Å²) < 4.78 is 0. The molecule has 139 heavy (non-hydrogen) atoms. The highest BCUT2D eigenvalue weighted by molar-refractivity contribution is 5.84. The van der Waals surface area contributed by atoms with Crippen molar-refractivity contribution in [1.82, 2.24) is 60.0 Å². The maximum atomic E-state index is 8.64. The molecule has 28 heteroatoms. The number of fused-ring (bicyclic) bond motifs is 7. The molecule has 0 radical (unpaired) electrons. The number of unbranched alkanes of at least 4 members (excludes halogenated alkanes) is 1. The van der Waals surface area contributed by atoms with Crippen molar-refractivity contribution in [1.29, 1.82) is 10.8 Å². The average Bonchev–Trinajstić information content (AvgIpc) is 1.69. The maximum Gasteiger partial charge on any atom is 0.234 e. The summed E-state index contributed by atoms with van der Waals surface area (Å²) in [6.45, 7) is 48.5. The third kappa shape index (κ3) is 32.8. The lowest BCUT2D eigenvalue weighted by atomic mass is 9.95. The Hall–Kier alpha value is -11.5. The monoisotopic (exact) mass is 1900 g/mol. The molecule has 1 aliphatic carbocycles. The van der Waals surface area contributed by atoms with Crippen LogP contribution in [0.15, 0.2) is 158 Å². The Bertz CT molecular complexity index is 5250. The predicted octanol–water partition coefficient (Wildman–Crippen LogP) is 15.4. The molecule has 18 rings (SSSR count). The Balaban J connectivity index is 0.000000156. The number of aryl methyl sites for hydroxylation is 7. The molecule has 10 aliphatic heterocycles. The van der Waals surface area contributed by atoms with Gasteiger partial charge in [-0.1, -0.05) is 221 Å². The molecule has 1 saturated carbocycles. The molecule has 28 nitrogen and oxygen atoms in total. The molecule has 4 fully saturated rings. The summed E-state index contributed by atoms with van der Waals surface area (Å²) in [6, 6.07) is 47.7. The third-order valence-electron chi connectivity index (χ3n) is 27.7. The van der Waals surface area contributed by atoms with Gasteiger partial charge in [0.25, 0.3) is 0 Å². The van der Waals surface area contributed by atoms with Gasteiger partial charge in [-0.25, -0.2) is 9.98 Å². The van der Waals surface area contributed by atoms with Crippen molar-refractivity contribution in [2.45, 2.75) is 302 Å². The Morgan fingerprint density at radius 2 is 0.698 bits per heavy atom. The fourth-order valence-corrected chi connectivity index (χ4v) is 20.0. The van der Waals surface area contributed by atoms with Crippen molar-refractivity contribution in [2.75, 3.05) is 91.7 Å². The first-order valence-electron chi connectivity index (χ1n) is 51.7. The first-order valence-corrected chi connectivity index (χ1v) is 51.7. The molecule has 0 aromatic heterocycles. The number of nitrogens with one attached hydrogen (secondary N) is 5. The maximum absolute atomic E-state index is 8.64. The van der Waals surface area contributed by atoms with Crippen LogP contribution in [0.25, 0.3) is 0 Å². The van der Waals surface area contributed by atoms with Crippen LogP contribution in [0.3, 0.4) is 0 Å². The van der Waals surface area contributed by atoms with Gasteiger partial charge in [0.05, 0.1) is 18.1 Å². The Labute approximate surface area is 833 Å². The Morgan fingerprint density at radius 3 is 1.07 bits per heavy atom. The number of rotatable bonds is 21. The number of oxime groups is 1. The quantitative estimate of drug-likeness (QED) is 0.0138. The van der Waals surface area contributed by atoms with Crippen molar-refractivity contribution >= 4 is 47.6 Å². The third-order valence-corrected chi connectivity index (χ3v) is 27.7. The second-order valence-electron chi connectivity index (χ2n) is 39.7. The van der Waals surface area contributed by atoms with Crippen molar-refractivity contribution in [3.05, 3.63) is 244 Å². The minimum atomic E-state index is 0. The summed E-state index contributed by atoms with van der Waals surface area (Å²) >= 11 is 0. The van der Waals surface area contributed by atoms with Crippen LogP contribution in [0.2, 0.25) is 0 Å². The molecule has 11 aliphatic rings. The van der Waals surface area contributed by atoms with Crippen LogP contribution in [-0.4, -0.2) is 201 Å². The number of amidine groups is 1. The fraction of sp³-hybridized carbons (Fsp3) is 0.550. The summed E-state index contributed by atoms with van der Waals surface area (Å²) in [5, 5.41) is 31.4. The molecule has 10 heterocycles. The van der Waals surface area contributed by atoms with Crippen LogP contribution in [0, 0.1) is 65.2 Å². The van der Waals surface area contributed by atoms with E-state index in [1.54, 1.807) is 0 Å². The van der Waals surface area contributed by atoms with E-state index >= 15 is 0 Å². The van der Waals surface area contributed by atoms with Gasteiger partial charge in [0, 0.05) is 157 Å². The van der Waals surface area contributed by atoms with Crippen molar-refractivity contribution in [3.63, 3.8) is 0 Å². The van der Waals surface area contributed by atoms with E-state index in [1.807, 2.05) is 11.8 Å². The molecule has 756 valence electrons. The van der Waals surface area contributed by atoms with Crippen LogP contribution >= 0.6 is 0 Å². The molecule has 0 spiro atoms. The number of hydrogen-bond donors (Lipinski definition) is 12. The lowest BCUT2D eigenvalue weighted by Crippen LogP contribution is -2.43. The zero-order chi connectivity index (χ0) is 98.0. The second kappa shape index (κ2) is 54.9. The minimum Gasteiger partial charge on any atom is -0.393 e. The van der Waals surface area contributed by atoms with E-state index in [0.29, 0.717) is 67.6 Å². The van der Waals surface area contributed by atoms with Gasteiger partial charge in [0.15, 0.2) is 35.8 Å². The van der Waals surface area contributed by atoms with Crippen molar-refractivity contribution in [2.24, 2.45) is 76.2 Å². The van der Waals surface area contributed by atoms with Gasteiger partial charge in [-0.3, -0.25) is 25.8 Å². The molecule has 7 aromatic rings. The van der Waals surface area contributed by atoms with Gasteiger partial charge in [0.1, 0.15) is 12.4 Å². The number of nitrogens with two attached hydrogens (primary N) is 7. The number of hydrogen-bond acceptors (Lipinski definition) is 13. The second-order valence-corrected chi connectivity index (χ2v) is 39.7. The number of benzene rings is 7. The number of guanidine groups is 7. The summed E-state index contributed by atoms with van der Waals surface area (Å²) in [6.07, 6.45) is 19.7. The highest BCUT2D eigenvalue weighted by Crippen LogP contribution is 2.33. The molecular formula is C111H171N27O. The molecule has 7 aromatic carbocycles. The van der Waals surface area contributed by atoms with Crippen LogP contribution in [-0.2, 0) is 96.5 Å². The minimum absolute atomic E-state index is 0. The van der Waals surface area contributed by atoms with Crippen molar-refractivity contribution < 1.29 is 4.84 Å². The van der Waals surface area contributed by atoms with Gasteiger partial charge >= 0.3 is 0 Å². The topological polar surface area (TPSA) is 378 Å². The average molecular weight is 1900 g/mol. The molecule has 3 saturated heterocycles. The zero-order valence-corrected chi connectivity index (χ0v) is 85.4. The van der Waals surface area contributed by atoms with E-state index in [2.05, 4.69) is 277 Å². The van der Waals surface area contributed by atoms with Gasteiger partial charge in [-0.15, -0.1) is 0 Å². The normalized spacial score (nSPS) is 18.5. The first-order chi connectivity index (χ1) is 66.8. The smallest absolute Gasteiger partial charge is 0.234 e. The largest absolute Gasteiger partial charge is 0.393 e. The molecular weight excluding hydrogens is 1730 g/mol. The summed E-state index contributed by atoms with van der Waals surface area (Å²) in [5.41, 5.74) is 69.1. The number of piperidine rings is 3. The van der Waals surface area contributed by atoms with Gasteiger partial charge in [-0.05, 0) is 247 Å². The van der Waals surface area contributed by atoms with Gasteiger partial charge in [0.2, 0.25) is 5.96 Å². The van der Waals surface area contributed by atoms with E-state index in [0.717, 1.165) is 220 Å². The van der Waals surface area contributed by atoms with E-state index < -0.39 is 0 Å². The molecule has 3 unspecified atom stereocenters. The van der Waals surface area contributed by atoms with Crippen LogP contribution in [0.1, 0.15) is 261 Å². The first kappa shape index (κ1) is 108. The van der Waals surface area contributed by atoms with E-state index in [-0.39, 0.29) is 13.4 Å². The Morgan fingerprint density at radius 1 is 0.353 bits per heavy atom. The summed E-state index contributed by atoms with van der Waals surface area (Å²) in [5.74, 6) is 6.03. The van der Waals surface area contributed by atoms with Gasteiger partial charge in [-0.2, -0.15) is 0 Å². The standard InChI is InChI=1S/C21H32N4.C18H30N6.C15H22N4.C15H24N4.C15H21N3.C13H19N3O.C13H19N3.CH4/c1-16-6-7-18-14-25(15-19(18)10-16)21(11-17-4-2-8-22-12-17)24-20-5-3-9-23-13-20;1-3-4-9-23(10-5-8-22-17(19)20)18(21)24-12-15-7-6-14(2)11-16(15)13-24;1-11-4-5-12-9-19(10-13(12)7-11)15(16)18-14-3-2-6-17-8-14;1-3-7-18(8-6-16)15(17)19-10-13-5-4-12(2)9-14(13)11-19;1-11-6-7-12-9-18(10-13(12)8-11)15(16)17-14-4-2-3-5-14;1-3-6-17-15-13(14)16-8-11-5-4-10(2)7-12(11)9-16;1-3-6-15-13(14)16-8-11-5-4-10(2)7-12(11)9-16;/h6-7,10,17,20,22-23H,2-5,8-9,11-15H2,1H3;6-7,11,21H,3-5,8-10,12-13H2,1-2H3,(H4,19,20,22);4-5,7,14,17H,2-3,6,8-10H2,1H3,(H2,16,18);4-5,9,17H,3,6-8,10-11,16H2,1-2H3;6-8,14H,2-5,9-10H2,1H3,(H2,16,17);4-5,7H,3,6,8-9H2,1-2H3,(H2,14,15);4-5,7H,3,6,8-9H2,1-2H3,(H2,14,15);1H4. The fourth-order valence-electron chi connectivity index (χ4n) is 20.0. The SMILES string of the molecule is C.CCCCN(CCCN=C(N)N)C(=N)N1Cc2ccc(C)cc2C1.CCCN(CCN)C(=N)N1Cc2ccc(C)cc2C1.CCCN=C(N)N1Cc2ccc(C)cc2C1.CCCON=C(N)N1Cc2ccc(C)cc2C1.Cc1ccc2c(c1)CN(C(CC1CCCNC1)=NC1CCCNC1)C2.Cc1ccc2c(c1)CN(C(N)=NC1CCCC1)C2.Cc1ccc2c(c1)CN(C(N)=NC1CCCNC1)C2. The zero-order valence-electron chi connectivity index (χ0n) is 85.4. The lowest BCUT2D eigenvalue weighted by molar-refractivity contribution is 0.139. The summed E-state index contributed by atoms with van der Waals surface area (Å²) in [4.78, 5) is 47.7. The van der Waals surface area contributed by atoms with Crippen LogP contribution < -0.4 is 56.1 Å². The highest BCUT2D eigenvalue weighted by Gasteiger charge is 2.32. The Kier molecular flexibility index (Phi) is 42.7. The van der Waals surface area contributed by atoms with E-state index in [9.17, 15) is 0 Å². The number of nitrogens with zero attached hydrogens (tertiary/aromatic N) is 15. The molecule has 3 atom stereocenters. The molecule has 0 amide bonds. The van der Waals surface area contributed by atoms with Gasteiger partial charge < -0.3 is 105 Å². The molecule has 0 bridgehead atoms. The predicted molar refractivity (Wildman–Crippen MR) is 577 cm³/mol.